The number of amides is 1. The second-order valence-corrected chi connectivity index (χ2v) is 7.56. The van der Waals surface area contributed by atoms with E-state index < -0.39 is 35.3 Å². The van der Waals surface area contributed by atoms with Crippen LogP contribution in [0.3, 0.4) is 0 Å². The summed E-state index contributed by atoms with van der Waals surface area (Å²) in [6.45, 7) is 2.94. The number of esters is 1. The minimum Gasteiger partial charge on any atom is -0.449 e. The number of aryl methyl sites for hydroxylation is 1. The number of fused-ring (bicyclic) bond motifs is 1. The van der Waals surface area contributed by atoms with Crippen LogP contribution in [0.2, 0.25) is 0 Å². The molecule has 0 aliphatic rings. The number of para-hydroxylation sites is 1. The van der Waals surface area contributed by atoms with E-state index in [2.05, 4.69) is 15.5 Å². The molecule has 0 bridgehead atoms. The first-order valence-electron chi connectivity index (χ1n) is 9.12. The number of hydrogen-bond donors (Lipinski definition) is 1. The van der Waals surface area contributed by atoms with Gasteiger partial charge in [0.25, 0.3) is 11.6 Å². The summed E-state index contributed by atoms with van der Waals surface area (Å²) in [6, 6.07) is 8.38. The zero-order valence-electron chi connectivity index (χ0n) is 16.3. The highest BCUT2D eigenvalue weighted by atomic mass is 32.1. The maximum atomic E-state index is 13.8. The quantitative estimate of drug-likeness (QED) is 0.449. The molecule has 4 aromatic rings. The van der Waals surface area contributed by atoms with Crippen molar-refractivity contribution >= 4 is 40.0 Å². The highest BCUT2D eigenvalue weighted by Gasteiger charge is 2.25. The molecule has 31 heavy (non-hydrogen) atoms. The minimum atomic E-state index is -1.33. The Balaban J connectivity index is 1.60. The molecule has 0 saturated heterocycles. The third-order valence-electron chi connectivity index (χ3n) is 4.47. The summed E-state index contributed by atoms with van der Waals surface area (Å²) in [5.41, 5.74) is 0.565. The number of carbonyl (C=O) groups excluding carboxylic acids is 2. The molecule has 0 saturated carbocycles. The van der Waals surface area contributed by atoms with Crippen molar-refractivity contribution in [1.82, 2.24) is 10.1 Å². The monoisotopic (exact) mass is 443 g/mol. The Kier molecular flexibility index (Phi) is 5.47. The molecular formula is C21H15F2N3O4S. The van der Waals surface area contributed by atoms with E-state index in [9.17, 15) is 18.4 Å². The minimum absolute atomic E-state index is 0.115. The average molecular weight is 443 g/mol. The van der Waals surface area contributed by atoms with Crippen LogP contribution in [-0.2, 0) is 9.53 Å². The Labute approximate surface area is 178 Å². The van der Waals surface area contributed by atoms with Crippen LogP contribution in [0.5, 0.6) is 0 Å². The van der Waals surface area contributed by atoms with Crippen LogP contribution in [0, 0.1) is 18.6 Å². The van der Waals surface area contributed by atoms with Crippen molar-refractivity contribution in [3.63, 3.8) is 0 Å². The van der Waals surface area contributed by atoms with Crippen LogP contribution >= 0.6 is 11.3 Å². The highest BCUT2D eigenvalue weighted by Crippen LogP contribution is 2.30. The molecule has 1 aromatic carbocycles. The number of nitrogens with zero attached hydrogens (tertiary/aromatic N) is 2. The third kappa shape index (κ3) is 4.02. The maximum Gasteiger partial charge on any atom is 0.339 e. The lowest BCUT2D eigenvalue weighted by Gasteiger charge is -2.15. The summed E-state index contributed by atoms with van der Waals surface area (Å²) in [4.78, 5) is 30.4. The van der Waals surface area contributed by atoms with Crippen LogP contribution in [0.25, 0.3) is 21.7 Å². The normalized spacial score (nSPS) is 12.0. The zero-order chi connectivity index (χ0) is 22.1. The molecule has 10 heteroatoms. The van der Waals surface area contributed by atoms with E-state index in [1.807, 2.05) is 17.5 Å². The van der Waals surface area contributed by atoms with Gasteiger partial charge in [0, 0.05) is 0 Å². The fraction of sp³-hybridized carbons (Fsp3) is 0.143. The van der Waals surface area contributed by atoms with Crippen molar-refractivity contribution in [3.8, 4) is 10.6 Å². The lowest BCUT2D eigenvalue weighted by Crippen LogP contribution is -2.30. The van der Waals surface area contributed by atoms with Crippen molar-refractivity contribution in [2.24, 2.45) is 0 Å². The van der Waals surface area contributed by atoms with Crippen LogP contribution in [0.1, 0.15) is 23.0 Å². The summed E-state index contributed by atoms with van der Waals surface area (Å²) in [5, 5.41) is 8.17. The Bertz CT molecular complexity index is 1270. The number of hydrogen-bond acceptors (Lipinski definition) is 7. The summed E-state index contributed by atoms with van der Waals surface area (Å²) >= 11 is 1.42. The van der Waals surface area contributed by atoms with E-state index in [4.69, 9.17) is 9.26 Å². The lowest BCUT2D eigenvalue weighted by molar-refractivity contribution is -0.123. The Morgan fingerprint density at radius 2 is 1.94 bits per heavy atom. The van der Waals surface area contributed by atoms with Crippen LogP contribution < -0.4 is 5.32 Å². The second kappa shape index (κ2) is 8.23. The van der Waals surface area contributed by atoms with E-state index in [0.29, 0.717) is 16.8 Å². The van der Waals surface area contributed by atoms with Gasteiger partial charge in [-0.15, -0.1) is 11.3 Å². The summed E-state index contributed by atoms with van der Waals surface area (Å²) < 4.78 is 38.0. The second-order valence-electron chi connectivity index (χ2n) is 6.61. The third-order valence-corrected chi connectivity index (χ3v) is 5.37. The van der Waals surface area contributed by atoms with Crippen molar-refractivity contribution in [2.75, 3.05) is 5.32 Å². The number of pyridine rings is 1. The molecule has 0 fully saturated rings. The molecule has 7 nitrogen and oxygen atoms in total. The number of carbonyl (C=O) groups is 2. The van der Waals surface area contributed by atoms with Crippen LogP contribution in [-0.4, -0.2) is 28.1 Å². The van der Waals surface area contributed by atoms with Gasteiger partial charge < -0.3 is 14.6 Å². The molecule has 0 aliphatic carbocycles. The first-order chi connectivity index (χ1) is 14.8. The fourth-order valence-electron chi connectivity index (χ4n) is 2.93. The Morgan fingerprint density at radius 3 is 2.61 bits per heavy atom. The summed E-state index contributed by atoms with van der Waals surface area (Å²) in [5.74, 6) is -3.59. The molecule has 158 valence electrons. The molecule has 4 rings (SSSR count). The predicted molar refractivity (Wildman–Crippen MR) is 110 cm³/mol. The van der Waals surface area contributed by atoms with E-state index >= 15 is 0 Å². The standard InChI is InChI=1S/C21H15F2N3O4S/c1-10-17-12(9-15(16-7-4-8-31-16)24-20(17)30-26-10)21(28)29-11(2)19(27)25-18-13(22)5-3-6-14(18)23/h3-9,11H,1-2H3,(H,25,27). The highest BCUT2D eigenvalue weighted by molar-refractivity contribution is 7.13. The van der Waals surface area contributed by atoms with Crippen molar-refractivity contribution in [3.05, 3.63) is 64.7 Å². The molecule has 3 aromatic heterocycles. The van der Waals surface area contributed by atoms with Gasteiger partial charge in [0.2, 0.25) is 0 Å². The first kappa shape index (κ1) is 20.6. The van der Waals surface area contributed by atoms with E-state index in [1.54, 1.807) is 6.92 Å². The molecule has 1 amide bonds. The molecule has 1 N–H and O–H groups in total. The number of ether oxygens (including phenoxy) is 1. The number of benzene rings is 1. The first-order valence-corrected chi connectivity index (χ1v) is 10.00. The molecule has 0 aliphatic heterocycles. The van der Waals surface area contributed by atoms with Gasteiger partial charge in [-0.1, -0.05) is 17.3 Å². The SMILES string of the molecule is Cc1noc2nc(-c3cccs3)cc(C(=O)OC(C)C(=O)Nc3c(F)cccc3F)c12. The van der Waals surface area contributed by atoms with Gasteiger partial charge in [-0.25, -0.2) is 18.6 Å². The van der Waals surface area contributed by atoms with Crippen LogP contribution in [0.4, 0.5) is 14.5 Å². The lowest BCUT2D eigenvalue weighted by atomic mass is 10.1. The van der Waals surface area contributed by atoms with E-state index in [0.717, 1.165) is 17.0 Å². The van der Waals surface area contributed by atoms with Gasteiger partial charge in [-0.2, -0.15) is 0 Å². The molecular weight excluding hydrogens is 428 g/mol. The van der Waals surface area contributed by atoms with Gasteiger partial charge in [0.05, 0.1) is 27.2 Å². The van der Waals surface area contributed by atoms with Gasteiger partial charge in [0.1, 0.15) is 17.3 Å². The van der Waals surface area contributed by atoms with Crippen molar-refractivity contribution in [1.29, 1.82) is 0 Å². The predicted octanol–water partition coefficient (Wildman–Crippen LogP) is 4.72. The number of nitrogens with one attached hydrogen (secondary N) is 1. The smallest absolute Gasteiger partial charge is 0.339 e. The van der Waals surface area contributed by atoms with Gasteiger partial charge in [-0.05, 0) is 43.5 Å². The zero-order valence-corrected chi connectivity index (χ0v) is 17.1. The maximum absolute atomic E-state index is 13.8. The topological polar surface area (TPSA) is 94.3 Å². The van der Waals surface area contributed by atoms with E-state index in [1.165, 1.54) is 30.4 Å². The van der Waals surface area contributed by atoms with Gasteiger partial charge in [-0.3, -0.25) is 4.79 Å². The summed E-state index contributed by atoms with van der Waals surface area (Å²) in [7, 11) is 0. The number of rotatable bonds is 5. The molecule has 0 radical (unpaired) electrons. The number of aromatic nitrogens is 2. The van der Waals surface area contributed by atoms with Gasteiger partial charge >= 0.3 is 5.97 Å². The number of thiophene rings is 1. The molecule has 1 atom stereocenters. The van der Waals surface area contributed by atoms with Crippen molar-refractivity contribution in [2.45, 2.75) is 20.0 Å². The summed E-state index contributed by atoms with van der Waals surface area (Å²) in [6.07, 6.45) is -1.33. The molecule has 3 heterocycles. The average Bonchev–Trinajstić information content (AvgIpc) is 3.40. The number of anilines is 1. The molecule has 0 spiro atoms. The molecule has 1 unspecified atom stereocenters. The van der Waals surface area contributed by atoms with Crippen molar-refractivity contribution < 1.29 is 27.6 Å². The Hall–Kier alpha value is -3.66. The largest absolute Gasteiger partial charge is 0.449 e. The van der Waals surface area contributed by atoms with E-state index in [-0.39, 0.29) is 11.3 Å². The fourth-order valence-corrected chi connectivity index (χ4v) is 3.61. The van der Waals surface area contributed by atoms with Crippen LogP contribution in [0.15, 0.2) is 46.3 Å². The Morgan fingerprint density at radius 1 is 1.19 bits per heavy atom. The number of halogens is 2. The van der Waals surface area contributed by atoms with Gasteiger partial charge in [0.15, 0.2) is 6.10 Å².